The van der Waals surface area contributed by atoms with Crippen molar-refractivity contribution in [3.8, 4) is 0 Å². The van der Waals surface area contributed by atoms with Gasteiger partial charge in [0.05, 0.1) is 0 Å². The number of aromatic nitrogens is 1. The van der Waals surface area contributed by atoms with E-state index < -0.39 is 0 Å². The van der Waals surface area contributed by atoms with Crippen molar-refractivity contribution in [2.24, 2.45) is 0 Å². The summed E-state index contributed by atoms with van der Waals surface area (Å²) in [5, 5.41) is 3.88. The maximum atomic E-state index is 13.3. The van der Waals surface area contributed by atoms with Crippen LogP contribution in [0.25, 0.3) is 11.1 Å². The number of rotatable bonds is 8. The average molecular weight is 455 g/mol. The summed E-state index contributed by atoms with van der Waals surface area (Å²) >= 11 is 6.05. The molecule has 1 saturated heterocycles. The number of fused-ring (bicyclic) bond motifs is 1. The number of nitrogens with zero attached hydrogens (tertiary/aromatic N) is 3. The lowest BCUT2D eigenvalue weighted by atomic mass is 10.1. The van der Waals surface area contributed by atoms with Gasteiger partial charge in [0.1, 0.15) is 5.52 Å². The highest BCUT2D eigenvalue weighted by Gasteiger charge is 2.21. The highest BCUT2D eigenvalue weighted by molar-refractivity contribution is 6.30. The van der Waals surface area contributed by atoms with Gasteiger partial charge in [-0.15, -0.1) is 0 Å². The van der Waals surface area contributed by atoms with E-state index in [-0.39, 0.29) is 11.9 Å². The minimum Gasteiger partial charge on any atom is -0.424 e. The number of piperidine rings is 1. The van der Waals surface area contributed by atoms with Crippen molar-refractivity contribution in [1.82, 2.24) is 14.8 Å². The monoisotopic (exact) mass is 454 g/mol. The van der Waals surface area contributed by atoms with E-state index in [4.69, 9.17) is 16.0 Å². The molecule has 3 aromatic rings. The molecule has 0 unspecified atom stereocenters. The predicted molar refractivity (Wildman–Crippen MR) is 129 cm³/mol. The van der Waals surface area contributed by atoms with Gasteiger partial charge in [-0.2, -0.15) is 4.98 Å². The molecule has 1 amide bonds. The Bertz CT molecular complexity index is 1060. The lowest BCUT2D eigenvalue weighted by molar-refractivity contribution is 0.0674. The van der Waals surface area contributed by atoms with E-state index in [1.54, 1.807) is 0 Å². The summed E-state index contributed by atoms with van der Waals surface area (Å²) in [7, 11) is 0. The number of benzene rings is 2. The van der Waals surface area contributed by atoms with Crippen LogP contribution in [-0.4, -0.2) is 52.9 Å². The van der Waals surface area contributed by atoms with E-state index in [1.165, 1.54) is 19.3 Å². The van der Waals surface area contributed by atoms with Crippen molar-refractivity contribution in [1.29, 1.82) is 0 Å². The third-order valence-electron chi connectivity index (χ3n) is 5.96. The van der Waals surface area contributed by atoms with Crippen molar-refractivity contribution in [3.05, 3.63) is 58.6 Å². The zero-order valence-corrected chi connectivity index (χ0v) is 19.6. The summed E-state index contributed by atoms with van der Waals surface area (Å²) in [6, 6.07) is 13.7. The topological polar surface area (TPSA) is 61.6 Å². The van der Waals surface area contributed by atoms with E-state index in [0.29, 0.717) is 34.2 Å². The van der Waals surface area contributed by atoms with Crippen LogP contribution in [0.1, 0.15) is 49.0 Å². The summed E-state index contributed by atoms with van der Waals surface area (Å²) < 4.78 is 5.80. The Morgan fingerprint density at radius 3 is 2.75 bits per heavy atom. The summed E-state index contributed by atoms with van der Waals surface area (Å²) in [6.07, 6.45) is 3.83. The molecule has 1 aliphatic rings. The molecule has 1 fully saturated rings. The molecular formula is C25H31ClN4O2. The van der Waals surface area contributed by atoms with Gasteiger partial charge in [0.15, 0.2) is 5.58 Å². The number of carbonyl (C=O) groups is 1. The van der Waals surface area contributed by atoms with Gasteiger partial charge in [-0.3, -0.25) is 4.79 Å². The maximum Gasteiger partial charge on any atom is 0.295 e. The molecule has 2 heterocycles. The van der Waals surface area contributed by atoms with Gasteiger partial charge in [-0.05, 0) is 75.7 Å². The Morgan fingerprint density at radius 2 is 2.00 bits per heavy atom. The molecule has 4 rings (SSSR count). The number of likely N-dealkylation sites (tertiary alicyclic amines) is 1. The standard InChI is InChI=1S/C25H31ClN4O2/c1-18(2)30(14-13-29-11-4-3-5-12-29)24(31)20-9-10-23-22(16-20)28-25(32-23)27-17-19-7-6-8-21(26)15-19/h6-10,15-16,18H,3-5,11-14,17H2,1-2H3,(H,27,28). The molecule has 1 aliphatic heterocycles. The third-order valence-corrected chi connectivity index (χ3v) is 6.19. The second-order valence-electron chi connectivity index (χ2n) is 8.68. The second-order valence-corrected chi connectivity index (χ2v) is 9.12. The number of nitrogens with one attached hydrogen (secondary N) is 1. The minimum atomic E-state index is 0.0374. The predicted octanol–water partition coefficient (Wildman–Crippen LogP) is 5.43. The molecule has 0 radical (unpaired) electrons. The first-order valence-electron chi connectivity index (χ1n) is 11.4. The SMILES string of the molecule is CC(C)N(CCN1CCCCC1)C(=O)c1ccc2oc(NCc3cccc(Cl)c3)nc2c1. The zero-order chi connectivity index (χ0) is 22.5. The lowest BCUT2D eigenvalue weighted by Crippen LogP contribution is -2.43. The van der Waals surface area contributed by atoms with Crippen molar-refractivity contribution in [2.45, 2.75) is 45.7 Å². The highest BCUT2D eigenvalue weighted by Crippen LogP contribution is 2.22. The Balaban J connectivity index is 1.43. The smallest absolute Gasteiger partial charge is 0.295 e. The number of carbonyl (C=O) groups excluding carboxylic acids is 1. The number of oxazole rings is 1. The lowest BCUT2D eigenvalue weighted by Gasteiger charge is -2.32. The summed E-state index contributed by atoms with van der Waals surface area (Å²) in [5.41, 5.74) is 3.00. The molecule has 0 saturated carbocycles. The largest absolute Gasteiger partial charge is 0.424 e. The normalized spacial score (nSPS) is 14.8. The fourth-order valence-electron chi connectivity index (χ4n) is 4.15. The van der Waals surface area contributed by atoms with Crippen LogP contribution in [0.3, 0.4) is 0 Å². The number of halogens is 1. The van der Waals surface area contributed by atoms with Gasteiger partial charge < -0.3 is 19.5 Å². The Kier molecular flexibility index (Phi) is 7.33. The molecule has 0 atom stereocenters. The van der Waals surface area contributed by atoms with E-state index in [2.05, 4.69) is 29.0 Å². The molecule has 2 aromatic carbocycles. The van der Waals surface area contributed by atoms with Crippen LogP contribution >= 0.6 is 11.6 Å². The molecule has 0 aliphatic carbocycles. The summed E-state index contributed by atoms with van der Waals surface area (Å²) in [6.45, 7) is 8.62. The van der Waals surface area contributed by atoms with Crippen LogP contribution < -0.4 is 5.32 Å². The van der Waals surface area contributed by atoms with Crippen molar-refractivity contribution in [2.75, 3.05) is 31.5 Å². The van der Waals surface area contributed by atoms with Crippen LogP contribution in [0.4, 0.5) is 6.01 Å². The molecule has 0 spiro atoms. The van der Waals surface area contributed by atoms with Gasteiger partial charge >= 0.3 is 0 Å². The average Bonchev–Trinajstić information content (AvgIpc) is 3.20. The molecule has 6 nitrogen and oxygen atoms in total. The highest BCUT2D eigenvalue weighted by atomic mass is 35.5. The van der Waals surface area contributed by atoms with Gasteiger partial charge in [-0.1, -0.05) is 30.2 Å². The summed E-state index contributed by atoms with van der Waals surface area (Å²) in [4.78, 5) is 22.2. The van der Waals surface area contributed by atoms with Crippen LogP contribution in [0.2, 0.25) is 5.02 Å². The van der Waals surface area contributed by atoms with E-state index >= 15 is 0 Å². The van der Waals surface area contributed by atoms with Crippen LogP contribution in [0.5, 0.6) is 0 Å². The number of amides is 1. The quantitative estimate of drug-likeness (QED) is 0.491. The summed E-state index contributed by atoms with van der Waals surface area (Å²) in [5.74, 6) is 0.0374. The Labute approximate surface area is 194 Å². The van der Waals surface area contributed by atoms with Crippen LogP contribution in [0.15, 0.2) is 46.9 Å². The maximum absolute atomic E-state index is 13.3. The molecule has 7 heteroatoms. The van der Waals surface area contributed by atoms with Crippen molar-refractivity contribution >= 4 is 34.6 Å². The van der Waals surface area contributed by atoms with E-state index in [1.807, 2.05) is 47.4 Å². The van der Waals surface area contributed by atoms with Crippen molar-refractivity contribution in [3.63, 3.8) is 0 Å². The van der Waals surface area contributed by atoms with Crippen LogP contribution in [0, 0.1) is 0 Å². The van der Waals surface area contributed by atoms with Gasteiger partial charge in [0.2, 0.25) is 0 Å². The fourth-order valence-corrected chi connectivity index (χ4v) is 4.37. The first kappa shape index (κ1) is 22.6. The fraction of sp³-hybridized carbons (Fsp3) is 0.440. The van der Waals surface area contributed by atoms with Gasteiger partial charge in [0, 0.05) is 36.3 Å². The Morgan fingerprint density at radius 1 is 1.19 bits per heavy atom. The first-order chi connectivity index (χ1) is 15.5. The minimum absolute atomic E-state index is 0.0374. The van der Waals surface area contributed by atoms with Crippen LogP contribution in [-0.2, 0) is 6.54 Å². The molecule has 0 bridgehead atoms. The number of hydrogen-bond acceptors (Lipinski definition) is 5. The zero-order valence-electron chi connectivity index (χ0n) is 18.8. The van der Waals surface area contributed by atoms with E-state index in [9.17, 15) is 4.79 Å². The number of hydrogen-bond donors (Lipinski definition) is 1. The molecule has 32 heavy (non-hydrogen) atoms. The molecule has 1 N–H and O–H groups in total. The third kappa shape index (κ3) is 5.61. The molecule has 1 aromatic heterocycles. The Hall–Kier alpha value is -2.57. The second kappa shape index (κ2) is 10.4. The molecule has 170 valence electrons. The first-order valence-corrected chi connectivity index (χ1v) is 11.8. The van der Waals surface area contributed by atoms with Gasteiger partial charge in [-0.25, -0.2) is 0 Å². The van der Waals surface area contributed by atoms with Crippen molar-refractivity contribution < 1.29 is 9.21 Å². The van der Waals surface area contributed by atoms with E-state index in [0.717, 1.165) is 31.7 Å². The number of anilines is 1. The molecular weight excluding hydrogens is 424 g/mol. The van der Waals surface area contributed by atoms with Gasteiger partial charge in [0.25, 0.3) is 11.9 Å².